The molecule has 0 aliphatic rings. The van der Waals surface area contributed by atoms with E-state index < -0.39 is 11.4 Å². The number of hydrogen-bond acceptors (Lipinski definition) is 3. The lowest BCUT2D eigenvalue weighted by Gasteiger charge is -2.19. The number of carboxylic acid groups (broad SMARTS) is 1. The molecule has 0 amide bonds. The minimum Gasteiger partial charge on any atom is -0.492 e. The van der Waals surface area contributed by atoms with Gasteiger partial charge in [-0.25, -0.2) is 0 Å². The second-order valence-corrected chi connectivity index (χ2v) is 5.13. The number of carbonyl (C=O) groups is 2. The molecule has 0 fully saturated rings. The standard InChI is InChI=1S/C12H13BrO4/c1-12(2,11(15)16)7-17-9-3-4-10(13)8(5-9)6-14/h3-6H,7H2,1-2H3,(H,15,16). The largest absolute Gasteiger partial charge is 0.492 e. The number of carbonyl (C=O) groups excluding carboxylic acids is 1. The molecule has 17 heavy (non-hydrogen) atoms. The summed E-state index contributed by atoms with van der Waals surface area (Å²) in [5, 5.41) is 8.92. The summed E-state index contributed by atoms with van der Waals surface area (Å²) >= 11 is 3.22. The van der Waals surface area contributed by atoms with Gasteiger partial charge in [0, 0.05) is 10.0 Å². The van der Waals surface area contributed by atoms with Gasteiger partial charge < -0.3 is 9.84 Å². The van der Waals surface area contributed by atoms with Crippen LogP contribution in [0.1, 0.15) is 24.2 Å². The van der Waals surface area contributed by atoms with Gasteiger partial charge in [0.05, 0.1) is 5.41 Å². The summed E-state index contributed by atoms with van der Waals surface area (Å²) in [6.45, 7) is 3.20. The molecule has 0 aromatic heterocycles. The molecule has 0 bridgehead atoms. The summed E-state index contributed by atoms with van der Waals surface area (Å²) < 4.78 is 6.05. The van der Waals surface area contributed by atoms with Crippen LogP contribution in [0.25, 0.3) is 0 Å². The SMILES string of the molecule is CC(C)(COc1ccc(Br)c(C=O)c1)C(=O)O. The van der Waals surface area contributed by atoms with Crippen LogP contribution in [-0.2, 0) is 4.79 Å². The Morgan fingerprint density at radius 2 is 2.18 bits per heavy atom. The van der Waals surface area contributed by atoms with Crippen molar-refractivity contribution in [3.05, 3.63) is 28.2 Å². The summed E-state index contributed by atoms with van der Waals surface area (Å²) in [6, 6.07) is 4.93. The summed E-state index contributed by atoms with van der Waals surface area (Å²) in [4.78, 5) is 21.6. The van der Waals surface area contributed by atoms with Crippen molar-refractivity contribution in [1.82, 2.24) is 0 Å². The molecule has 92 valence electrons. The van der Waals surface area contributed by atoms with Gasteiger partial charge in [-0.1, -0.05) is 15.9 Å². The van der Waals surface area contributed by atoms with Crippen molar-refractivity contribution in [1.29, 1.82) is 0 Å². The highest BCUT2D eigenvalue weighted by molar-refractivity contribution is 9.10. The van der Waals surface area contributed by atoms with E-state index in [1.165, 1.54) is 0 Å². The van der Waals surface area contributed by atoms with E-state index in [2.05, 4.69) is 15.9 Å². The highest BCUT2D eigenvalue weighted by Crippen LogP contribution is 2.23. The van der Waals surface area contributed by atoms with E-state index in [0.717, 1.165) is 0 Å². The molecule has 0 atom stereocenters. The van der Waals surface area contributed by atoms with E-state index in [0.29, 0.717) is 22.1 Å². The van der Waals surface area contributed by atoms with Crippen LogP contribution in [-0.4, -0.2) is 24.0 Å². The average molecular weight is 301 g/mol. The van der Waals surface area contributed by atoms with Gasteiger partial charge in [0.15, 0.2) is 6.29 Å². The summed E-state index contributed by atoms with van der Waals surface area (Å²) in [7, 11) is 0. The average Bonchev–Trinajstić information content (AvgIpc) is 2.28. The van der Waals surface area contributed by atoms with Crippen molar-refractivity contribution >= 4 is 28.2 Å². The van der Waals surface area contributed by atoms with E-state index in [9.17, 15) is 9.59 Å². The Balaban J connectivity index is 2.77. The van der Waals surface area contributed by atoms with Crippen molar-refractivity contribution in [3.8, 4) is 5.75 Å². The minimum atomic E-state index is -0.964. The lowest BCUT2D eigenvalue weighted by Crippen LogP contribution is -2.30. The molecule has 1 aromatic carbocycles. The zero-order chi connectivity index (χ0) is 13.1. The molecule has 4 nitrogen and oxygen atoms in total. The van der Waals surface area contributed by atoms with E-state index in [4.69, 9.17) is 9.84 Å². The zero-order valence-corrected chi connectivity index (χ0v) is 11.2. The van der Waals surface area contributed by atoms with E-state index in [-0.39, 0.29) is 6.61 Å². The topological polar surface area (TPSA) is 63.6 Å². The van der Waals surface area contributed by atoms with Gasteiger partial charge >= 0.3 is 5.97 Å². The van der Waals surface area contributed by atoms with Gasteiger partial charge in [0.2, 0.25) is 0 Å². The maximum atomic E-state index is 10.9. The molecule has 1 rings (SSSR count). The Labute approximate surface area is 108 Å². The van der Waals surface area contributed by atoms with Crippen molar-refractivity contribution in [2.45, 2.75) is 13.8 Å². The highest BCUT2D eigenvalue weighted by atomic mass is 79.9. The fourth-order valence-electron chi connectivity index (χ4n) is 1.03. The number of aliphatic carboxylic acids is 1. The smallest absolute Gasteiger partial charge is 0.312 e. The van der Waals surface area contributed by atoms with E-state index in [1.807, 2.05) is 0 Å². The molecule has 0 heterocycles. The molecule has 0 saturated heterocycles. The molecule has 1 N–H and O–H groups in total. The van der Waals surface area contributed by atoms with Crippen molar-refractivity contribution < 1.29 is 19.4 Å². The first-order chi connectivity index (χ1) is 7.86. The van der Waals surface area contributed by atoms with Crippen molar-refractivity contribution in [2.75, 3.05) is 6.61 Å². The first kappa shape index (κ1) is 13.7. The Hall–Kier alpha value is -1.36. The van der Waals surface area contributed by atoms with Crippen LogP contribution in [0.15, 0.2) is 22.7 Å². The van der Waals surface area contributed by atoms with Crippen LogP contribution in [0.2, 0.25) is 0 Å². The Morgan fingerprint density at radius 1 is 1.53 bits per heavy atom. The second-order valence-electron chi connectivity index (χ2n) is 4.28. The Morgan fingerprint density at radius 3 is 2.71 bits per heavy atom. The van der Waals surface area contributed by atoms with Gasteiger partial charge in [-0.3, -0.25) is 9.59 Å². The quantitative estimate of drug-likeness (QED) is 0.849. The van der Waals surface area contributed by atoms with Gasteiger partial charge in [-0.05, 0) is 32.0 Å². The maximum Gasteiger partial charge on any atom is 0.312 e. The van der Waals surface area contributed by atoms with Gasteiger partial charge in [0.1, 0.15) is 12.4 Å². The molecule has 0 unspecified atom stereocenters. The molecule has 0 saturated carbocycles. The van der Waals surface area contributed by atoms with Crippen LogP contribution in [0.4, 0.5) is 0 Å². The fraction of sp³-hybridized carbons (Fsp3) is 0.333. The molecule has 5 heteroatoms. The second kappa shape index (κ2) is 5.31. The monoisotopic (exact) mass is 300 g/mol. The lowest BCUT2D eigenvalue weighted by molar-refractivity contribution is -0.148. The van der Waals surface area contributed by atoms with Crippen LogP contribution < -0.4 is 4.74 Å². The number of ether oxygens (including phenoxy) is 1. The molecule has 0 radical (unpaired) electrons. The van der Waals surface area contributed by atoms with Gasteiger partial charge in [-0.15, -0.1) is 0 Å². The Kier molecular flexibility index (Phi) is 4.28. The van der Waals surface area contributed by atoms with Gasteiger partial charge in [0.25, 0.3) is 0 Å². The van der Waals surface area contributed by atoms with Crippen LogP contribution >= 0.6 is 15.9 Å². The maximum absolute atomic E-state index is 10.9. The number of halogens is 1. The number of aldehydes is 1. The summed E-state index contributed by atoms with van der Waals surface area (Å²) in [6.07, 6.45) is 0.708. The third-order valence-electron chi connectivity index (χ3n) is 2.27. The number of hydrogen-bond donors (Lipinski definition) is 1. The summed E-state index contributed by atoms with van der Waals surface area (Å²) in [5.41, 5.74) is -0.496. The minimum absolute atomic E-state index is 0.0439. The van der Waals surface area contributed by atoms with E-state index >= 15 is 0 Å². The van der Waals surface area contributed by atoms with Crippen LogP contribution in [0, 0.1) is 5.41 Å². The van der Waals surface area contributed by atoms with Crippen LogP contribution in [0.3, 0.4) is 0 Å². The predicted molar refractivity (Wildman–Crippen MR) is 66.4 cm³/mol. The third kappa shape index (κ3) is 3.56. The zero-order valence-electron chi connectivity index (χ0n) is 9.57. The normalized spacial score (nSPS) is 11.0. The van der Waals surface area contributed by atoms with Crippen molar-refractivity contribution in [3.63, 3.8) is 0 Å². The fourth-order valence-corrected chi connectivity index (χ4v) is 1.37. The molecule has 1 aromatic rings. The first-order valence-electron chi connectivity index (χ1n) is 4.98. The molecular formula is C12H13BrO4. The molecular weight excluding hydrogens is 288 g/mol. The van der Waals surface area contributed by atoms with Crippen molar-refractivity contribution in [2.24, 2.45) is 5.41 Å². The molecule has 0 spiro atoms. The molecule has 0 aliphatic carbocycles. The number of benzene rings is 1. The van der Waals surface area contributed by atoms with Gasteiger partial charge in [-0.2, -0.15) is 0 Å². The Bertz CT molecular complexity index is 440. The van der Waals surface area contributed by atoms with Crippen LogP contribution in [0.5, 0.6) is 5.75 Å². The number of carboxylic acids is 1. The predicted octanol–water partition coefficient (Wildman–Crippen LogP) is 2.75. The summed E-state index contributed by atoms with van der Waals surface area (Å²) in [5.74, 6) is -0.449. The third-order valence-corrected chi connectivity index (χ3v) is 3.00. The first-order valence-corrected chi connectivity index (χ1v) is 5.77. The highest BCUT2D eigenvalue weighted by Gasteiger charge is 2.28. The lowest BCUT2D eigenvalue weighted by atomic mass is 9.95. The number of rotatable bonds is 5. The van der Waals surface area contributed by atoms with E-state index in [1.54, 1.807) is 32.0 Å². The molecule has 0 aliphatic heterocycles.